The van der Waals surface area contributed by atoms with Crippen molar-refractivity contribution in [2.24, 2.45) is 0 Å². The summed E-state index contributed by atoms with van der Waals surface area (Å²) in [6.07, 6.45) is 0. The van der Waals surface area contributed by atoms with Crippen LogP contribution >= 0.6 is 0 Å². The molecule has 4 heteroatoms. The van der Waals surface area contributed by atoms with Crippen LogP contribution in [-0.2, 0) is 9.31 Å². The first-order chi connectivity index (χ1) is 14.2. The van der Waals surface area contributed by atoms with E-state index in [9.17, 15) is 5.11 Å². The molecule has 4 aromatic carbocycles. The molecule has 150 valence electrons. The lowest BCUT2D eigenvalue weighted by molar-refractivity contribution is 0.00578. The van der Waals surface area contributed by atoms with Gasteiger partial charge in [0.2, 0.25) is 0 Å². The van der Waals surface area contributed by atoms with Gasteiger partial charge in [-0.3, -0.25) is 0 Å². The van der Waals surface area contributed by atoms with Gasteiger partial charge in [-0.05, 0) is 84.0 Å². The molecule has 30 heavy (non-hydrogen) atoms. The van der Waals surface area contributed by atoms with Gasteiger partial charge in [-0.15, -0.1) is 0 Å². The Bertz CT molecular complexity index is 1260. The predicted octanol–water partition coefficient (Wildman–Crippen LogP) is 5.66. The molecule has 3 nitrogen and oxygen atoms in total. The molecule has 0 amide bonds. The van der Waals surface area contributed by atoms with Gasteiger partial charge in [0.15, 0.2) is 0 Å². The van der Waals surface area contributed by atoms with E-state index in [0.717, 1.165) is 22.0 Å². The molecule has 0 saturated carbocycles. The summed E-state index contributed by atoms with van der Waals surface area (Å²) in [6, 6.07) is 24.6. The summed E-state index contributed by atoms with van der Waals surface area (Å²) < 4.78 is 12.4. The van der Waals surface area contributed by atoms with E-state index in [0.29, 0.717) is 0 Å². The van der Waals surface area contributed by atoms with E-state index < -0.39 is 18.3 Å². The normalized spacial score (nSPS) is 17.7. The minimum absolute atomic E-state index is 0.203. The Morgan fingerprint density at radius 3 is 2.00 bits per heavy atom. The molecule has 0 unspecified atom stereocenters. The van der Waals surface area contributed by atoms with Crippen molar-refractivity contribution in [1.29, 1.82) is 0 Å². The number of hydrogen-bond acceptors (Lipinski definition) is 3. The first kappa shape index (κ1) is 19.2. The van der Waals surface area contributed by atoms with Crippen LogP contribution < -0.4 is 5.46 Å². The first-order valence-corrected chi connectivity index (χ1v) is 10.4. The summed E-state index contributed by atoms with van der Waals surface area (Å²) in [5, 5.41) is 15.3. The number of phenols is 1. The molecule has 1 aliphatic heterocycles. The van der Waals surface area contributed by atoms with Gasteiger partial charge >= 0.3 is 7.12 Å². The van der Waals surface area contributed by atoms with Crippen LogP contribution in [0.15, 0.2) is 72.8 Å². The number of rotatable bonds is 2. The highest BCUT2D eigenvalue weighted by Gasteiger charge is 2.51. The molecule has 0 aromatic heterocycles. The van der Waals surface area contributed by atoms with Gasteiger partial charge in [-0.2, -0.15) is 0 Å². The van der Waals surface area contributed by atoms with E-state index in [1.165, 1.54) is 16.2 Å². The first-order valence-electron chi connectivity index (χ1n) is 10.4. The lowest BCUT2D eigenvalue weighted by Gasteiger charge is -2.32. The molecule has 0 aliphatic carbocycles. The fourth-order valence-electron chi connectivity index (χ4n) is 4.20. The standard InChI is InChI=1S/C26H25BO3/c1-25(2)26(3,4)30-27(29-25)19-13-18(14-20(28)16-19)24-15-17-9-5-6-10-21(17)22-11-7-8-12-23(22)24/h5-16,28H,1-4H3. The van der Waals surface area contributed by atoms with E-state index in [1.807, 2.05) is 33.8 Å². The third-order valence-corrected chi connectivity index (χ3v) is 6.54. The van der Waals surface area contributed by atoms with Gasteiger partial charge in [-0.25, -0.2) is 0 Å². The van der Waals surface area contributed by atoms with Gasteiger partial charge < -0.3 is 14.4 Å². The molecule has 0 bridgehead atoms. The summed E-state index contributed by atoms with van der Waals surface area (Å²) in [7, 11) is -0.521. The largest absolute Gasteiger partial charge is 0.508 e. The van der Waals surface area contributed by atoms with Gasteiger partial charge in [0.25, 0.3) is 0 Å². The smallest absolute Gasteiger partial charge is 0.494 e. The van der Waals surface area contributed by atoms with Crippen LogP contribution in [0.4, 0.5) is 0 Å². The van der Waals surface area contributed by atoms with Crippen molar-refractivity contribution in [2.45, 2.75) is 38.9 Å². The molecule has 1 fully saturated rings. The molecule has 1 heterocycles. The maximum absolute atomic E-state index is 10.5. The second-order valence-electron chi connectivity index (χ2n) is 9.09. The van der Waals surface area contributed by atoms with Crippen LogP contribution in [0, 0.1) is 0 Å². The fraction of sp³-hybridized carbons (Fsp3) is 0.231. The maximum Gasteiger partial charge on any atom is 0.494 e. The Labute approximate surface area is 177 Å². The fourth-order valence-corrected chi connectivity index (χ4v) is 4.20. The molecule has 0 atom stereocenters. The summed E-state index contributed by atoms with van der Waals surface area (Å²) in [5.41, 5.74) is 1.98. The molecule has 1 saturated heterocycles. The second kappa shape index (κ2) is 6.59. The lowest BCUT2D eigenvalue weighted by atomic mass is 9.77. The van der Waals surface area contributed by atoms with Crippen LogP contribution in [0.3, 0.4) is 0 Å². The third-order valence-electron chi connectivity index (χ3n) is 6.54. The van der Waals surface area contributed by atoms with E-state index in [2.05, 4.69) is 60.7 Å². The Hall–Kier alpha value is -2.82. The molecule has 0 radical (unpaired) electrons. The Morgan fingerprint density at radius 2 is 1.30 bits per heavy atom. The van der Waals surface area contributed by atoms with Crippen molar-refractivity contribution < 1.29 is 14.4 Å². The third kappa shape index (κ3) is 2.99. The maximum atomic E-state index is 10.5. The number of phenolic OH excluding ortho intramolecular Hbond substituents is 1. The van der Waals surface area contributed by atoms with Crippen LogP contribution in [0.2, 0.25) is 0 Å². The highest BCUT2D eigenvalue weighted by atomic mass is 16.7. The van der Waals surface area contributed by atoms with Crippen molar-refractivity contribution in [1.82, 2.24) is 0 Å². The van der Waals surface area contributed by atoms with Gasteiger partial charge in [0.1, 0.15) is 5.75 Å². The summed E-state index contributed by atoms with van der Waals surface area (Å²) >= 11 is 0. The molecular weight excluding hydrogens is 371 g/mol. The quantitative estimate of drug-likeness (QED) is 0.351. The molecule has 5 rings (SSSR count). The monoisotopic (exact) mass is 396 g/mol. The summed E-state index contributed by atoms with van der Waals surface area (Å²) in [4.78, 5) is 0. The van der Waals surface area contributed by atoms with Crippen LogP contribution in [0.1, 0.15) is 27.7 Å². The van der Waals surface area contributed by atoms with Gasteiger partial charge in [-0.1, -0.05) is 54.6 Å². The number of benzene rings is 4. The van der Waals surface area contributed by atoms with Crippen molar-refractivity contribution in [3.05, 3.63) is 72.8 Å². The number of aromatic hydroxyl groups is 1. The van der Waals surface area contributed by atoms with E-state index in [1.54, 1.807) is 6.07 Å². The van der Waals surface area contributed by atoms with E-state index in [4.69, 9.17) is 9.31 Å². The average Bonchev–Trinajstić information content (AvgIpc) is 2.94. The highest BCUT2D eigenvalue weighted by Crippen LogP contribution is 2.38. The molecule has 0 spiro atoms. The number of fused-ring (bicyclic) bond motifs is 3. The zero-order valence-electron chi connectivity index (χ0n) is 17.8. The van der Waals surface area contributed by atoms with Crippen molar-refractivity contribution in [2.75, 3.05) is 0 Å². The summed E-state index contributed by atoms with van der Waals surface area (Å²) in [5.74, 6) is 0.203. The van der Waals surface area contributed by atoms with Crippen LogP contribution in [0.5, 0.6) is 5.75 Å². The average molecular weight is 396 g/mol. The van der Waals surface area contributed by atoms with Crippen molar-refractivity contribution in [3.8, 4) is 16.9 Å². The molecular formula is C26H25BO3. The second-order valence-corrected chi connectivity index (χ2v) is 9.09. The van der Waals surface area contributed by atoms with Gasteiger partial charge in [0.05, 0.1) is 11.2 Å². The van der Waals surface area contributed by atoms with Gasteiger partial charge in [0, 0.05) is 0 Å². The zero-order chi connectivity index (χ0) is 21.1. The highest BCUT2D eigenvalue weighted by molar-refractivity contribution is 6.62. The van der Waals surface area contributed by atoms with E-state index in [-0.39, 0.29) is 5.75 Å². The van der Waals surface area contributed by atoms with Crippen molar-refractivity contribution in [3.63, 3.8) is 0 Å². The molecule has 4 aromatic rings. The van der Waals surface area contributed by atoms with E-state index >= 15 is 0 Å². The Balaban J connectivity index is 1.70. The predicted molar refractivity (Wildman–Crippen MR) is 124 cm³/mol. The minimum atomic E-state index is -0.521. The number of hydrogen-bond donors (Lipinski definition) is 1. The topological polar surface area (TPSA) is 38.7 Å². The van der Waals surface area contributed by atoms with Crippen LogP contribution in [-0.4, -0.2) is 23.4 Å². The lowest BCUT2D eigenvalue weighted by Crippen LogP contribution is -2.41. The SMILES string of the molecule is CC1(C)OB(c2cc(O)cc(-c3cc4ccccc4c4ccccc34)c2)OC1(C)C. The minimum Gasteiger partial charge on any atom is -0.508 e. The molecule has 1 N–H and O–H groups in total. The van der Waals surface area contributed by atoms with Crippen LogP contribution in [0.25, 0.3) is 32.7 Å². The molecule has 1 aliphatic rings. The summed E-state index contributed by atoms with van der Waals surface area (Å²) in [6.45, 7) is 8.14. The Kier molecular flexibility index (Phi) is 4.21. The Morgan fingerprint density at radius 1 is 0.700 bits per heavy atom. The zero-order valence-corrected chi connectivity index (χ0v) is 17.8. The van der Waals surface area contributed by atoms with Crippen molar-refractivity contribution >= 4 is 34.1 Å².